The van der Waals surface area contributed by atoms with Crippen molar-refractivity contribution in [2.45, 2.75) is 37.8 Å². The van der Waals surface area contributed by atoms with Crippen LogP contribution in [0.5, 0.6) is 0 Å². The molecule has 2 saturated heterocycles. The number of rotatable bonds is 4. The summed E-state index contributed by atoms with van der Waals surface area (Å²) in [6, 6.07) is 11.0. The van der Waals surface area contributed by atoms with Crippen LogP contribution in [0.15, 0.2) is 30.3 Å². The quantitative estimate of drug-likeness (QED) is 0.878. The van der Waals surface area contributed by atoms with Gasteiger partial charge >= 0.3 is 0 Å². The highest BCUT2D eigenvalue weighted by Crippen LogP contribution is 2.24. The molecule has 0 aliphatic carbocycles. The van der Waals surface area contributed by atoms with Crippen molar-refractivity contribution in [3.05, 3.63) is 30.3 Å². The van der Waals surface area contributed by atoms with E-state index in [1.165, 1.54) is 0 Å². The zero-order chi connectivity index (χ0) is 16.9. The van der Waals surface area contributed by atoms with Crippen LogP contribution in [0, 0.1) is 17.2 Å². The number of amides is 2. The first-order valence-electron chi connectivity index (χ1n) is 8.45. The Hall–Kier alpha value is -2.39. The molecule has 2 fully saturated rings. The van der Waals surface area contributed by atoms with Crippen LogP contribution in [0.2, 0.25) is 0 Å². The summed E-state index contributed by atoms with van der Waals surface area (Å²) < 4.78 is 0. The summed E-state index contributed by atoms with van der Waals surface area (Å²) >= 11 is 0. The van der Waals surface area contributed by atoms with Crippen LogP contribution in [0.25, 0.3) is 0 Å². The van der Waals surface area contributed by atoms with E-state index in [1.807, 2.05) is 30.3 Å². The second kappa shape index (κ2) is 7.45. The Bertz CT molecular complexity index is 640. The van der Waals surface area contributed by atoms with E-state index in [1.54, 1.807) is 4.90 Å². The van der Waals surface area contributed by atoms with Crippen molar-refractivity contribution in [2.24, 2.45) is 5.92 Å². The van der Waals surface area contributed by atoms with E-state index in [2.05, 4.69) is 16.7 Å². The first-order valence-corrected chi connectivity index (χ1v) is 8.45. The number of nitriles is 1. The number of benzene rings is 1. The molecule has 3 rings (SSSR count). The van der Waals surface area contributed by atoms with Crippen LogP contribution in [-0.4, -0.2) is 41.9 Å². The number of likely N-dealkylation sites (tertiary alicyclic amines) is 1. The molecule has 6 heteroatoms. The molecule has 3 atom stereocenters. The maximum absolute atomic E-state index is 12.6. The fourth-order valence-electron chi connectivity index (χ4n) is 3.51. The van der Waals surface area contributed by atoms with Gasteiger partial charge < -0.3 is 15.5 Å². The van der Waals surface area contributed by atoms with Gasteiger partial charge in [0, 0.05) is 18.7 Å². The number of nitrogens with zero attached hydrogens (tertiary/aromatic N) is 2. The normalized spacial score (nSPS) is 26.1. The SMILES string of the molecule is N#C[C@@H]1CCCN1C(=O)C1CC(CC(=O)Nc2ccccc2)CN1. The molecule has 0 spiro atoms. The minimum atomic E-state index is -0.292. The largest absolute Gasteiger partial charge is 0.326 e. The van der Waals surface area contributed by atoms with Crippen LogP contribution in [0.1, 0.15) is 25.7 Å². The third-order valence-electron chi connectivity index (χ3n) is 4.74. The highest BCUT2D eigenvalue weighted by molar-refractivity contribution is 5.91. The van der Waals surface area contributed by atoms with Crippen LogP contribution in [-0.2, 0) is 9.59 Å². The smallest absolute Gasteiger partial charge is 0.240 e. The third-order valence-corrected chi connectivity index (χ3v) is 4.74. The summed E-state index contributed by atoms with van der Waals surface area (Å²) in [4.78, 5) is 26.4. The average molecular weight is 326 g/mol. The number of anilines is 1. The molecular weight excluding hydrogens is 304 g/mol. The molecule has 2 unspecified atom stereocenters. The van der Waals surface area contributed by atoms with Gasteiger partial charge in [0.1, 0.15) is 6.04 Å². The van der Waals surface area contributed by atoms with Crippen molar-refractivity contribution in [1.82, 2.24) is 10.2 Å². The Kier molecular flexibility index (Phi) is 5.11. The lowest BCUT2D eigenvalue weighted by atomic mass is 10.0. The fraction of sp³-hybridized carbons (Fsp3) is 0.500. The highest BCUT2D eigenvalue weighted by atomic mass is 16.2. The minimum Gasteiger partial charge on any atom is -0.326 e. The predicted molar refractivity (Wildman–Crippen MR) is 89.9 cm³/mol. The Balaban J connectivity index is 1.49. The number of hydrogen-bond donors (Lipinski definition) is 2. The maximum Gasteiger partial charge on any atom is 0.240 e. The number of carbonyl (C=O) groups excluding carboxylic acids is 2. The van der Waals surface area contributed by atoms with Gasteiger partial charge in [-0.15, -0.1) is 0 Å². The van der Waals surface area contributed by atoms with Gasteiger partial charge in [0.15, 0.2) is 0 Å². The van der Waals surface area contributed by atoms with Crippen molar-refractivity contribution in [2.75, 3.05) is 18.4 Å². The molecule has 0 aromatic heterocycles. The first-order chi connectivity index (χ1) is 11.7. The number of para-hydroxylation sites is 1. The second-order valence-corrected chi connectivity index (χ2v) is 6.50. The van der Waals surface area contributed by atoms with Gasteiger partial charge in [-0.3, -0.25) is 9.59 Å². The summed E-state index contributed by atoms with van der Waals surface area (Å²) in [5.74, 6) is 0.119. The van der Waals surface area contributed by atoms with E-state index in [9.17, 15) is 9.59 Å². The van der Waals surface area contributed by atoms with Gasteiger partial charge in [0.2, 0.25) is 11.8 Å². The number of hydrogen-bond acceptors (Lipinski definition) is 4. The minimum absolute atomic E-state index is 0.00465. The standard InChI is InChI=1S/C18H22N4O2/c19-11-15-7-4-8-22(15)18(24)16-9-13(12-20-16)10-17(23)21-14-5-2-1-3-6-14/h1-3,5-6,13,15-16,20H,4,7-10,12H2,(H,21,23)/t13?,15-,16?/m0/s1. The second-order valence-electron chi connectivity index (χ2n) is 6.50. The number of nitrogens with one attached hydrogen (secondary N) is 2. The molecule has 2 aliphatic rings. The molecule has 1 aromatic carbocycles. The molecule has 24 heavy (non-hydrogen) atoms. The van der Waals surface area contributed by atoms with Gasteiger partial charge in [-0.05, 0) is 43.9 Å². The predicted octanol–water partition coefficient (Wildman–Crippen LogP) is 1.51. The summed E-state index contributed by atoms with van der Waals surface area (Å²) in [6.07, 6.45) is 2.69. The molecule has 2 heterocycles. The van der Waals surface area contributed by atoms with E-state index in [0.29, 0.717) is 25.9 Å². The van der Waals surface area contributed by atoms with E-state index in [-0.39, 0.29) is 29.8 Å². The molecule has 2 N–H and O–H groups in total. The molecule has 6 nitrogen and oxygen atoms in total. The lowest BCUT2D eigenvalue weighted by Gasteiger charge is -2.23. The van der Waals surface area contributed by atoms with Crippen LogP contribution in [0.3, 0.4) is 0 Å². The van der Waals surface area contributed by atoms with Crippen LogP contribution < -0.4 is 10.6 Å². The molecule has 0 bridgehead atoms. The summed E-state index contributed by atoms with van der Waals surface area (Å²) in [5.41, 5.74) is 0.787. The lowest BCUT2D eigenvalue weighted by molar-refractivity contribution is -0.133. The Morgan fingerprint density at radius 3 is 2.88 bits per heavy atom. The average Bonchev–Trinajstić information content (AvgIpc) is 3.24. The molecule has 126 valence electrons. The molecule has 2 amide bonds. The van der Waals surface area contributed by atoms with E-state index in [4.69, 9.17) is 5.26 Å². The van der Waals surface area contributed by atoms with Gasteiger partial charge in [0.25, 0.3) is 0 Å². The zero-order valence-electron chi connectivity index (χ0n) is 13.6. The van der Waals surface area contributed by atoms with Crippen LogP contribution >= 0.6 is 0 Å². The van der Waals surface area contributed by atoms with E-state index >= 15 is 0 Å². The van der Waals surface area contributed by atoms with Crippen molar-refractivity contribution < 1.29 is 9.59 Å². The Labute approximate surface area is 141 Å². The van der Waals surface area contributed by atoms with Gasteiger partial charge in [0.05, 0.1) is 12.1 Å². The monoisotopic (exact) mass is 326 g/mol. The van der Waals surface area contributed by atoms with Crippen molar-refractivity contribution in [1.29, 1.82) is 5.26 Å². The molecule has 1 aromatic rings. The lowest BCUT2D eigenvalue weighted by Crippen LogP contribution is -2.45. The zero-order valence-corrected chi connectivity index (χ0v) is 13.6. The highest BCUT2D eigenvalue weighted by Gasteiger charge is 2.37. The van der Waals surface area contributed by atoms with E-state index in [0.717, 1.165) is 18.5 Å². The summed E-state index contributed by atoms with van der Waals surface area (Å²) in [5, 5.41) is 15.2. The summed E-state index contributed by atoms with van der Waals surface area (Å²) in [7, 11) is 0. The maximum atomic E-state index is 12.6. The van der Waals surface area contributed by atoms with E-state index < -0.39 is 0 Å². The summed E-state index contributed by atoms with van der Waals surface area (Å²) in [6.45, 7) is 1.32. The molecule has 2 aliphatic heterocycles. The van der Waals surface area contributed by atoms with Crippen LogP contribution in [0.4, 0.5) is 5.69 Å². The molecule has 0 radical (unpaired) electrons. The van der Waals surface area contributed by atoms with Crippen molar-refractivity contribution >= 4 is 17.5 Å². The Morgan fingerprint density at radius 1 is 1.33 bits per heavy atom. The van der Waals surface area contributed by atoms with Gasteiger partial charge in [-0.1, -0.05) is 18.2 Å². The molecular formula is C18H22N4O2. The van der Waals surface area contributed by atoms with Crippen molar-refractivity contribution in [3.8, 4) is 6.07 Å². The first kappa shape index (κ1) is 16.5. The van der Waals surface area contributed by atoms with Crippen molar-refractivity contribution in [3.63, 3.8) is 0 Å². The fourth-order valence-corrected chi connectivity index (χ4v) is 3.51. The third kappa shape index (κ3) is 3.74. The van der Waals surface area contributed by atoms with Gasteiger partial charge in [-0.25, -0.2) is 0 Å². The van der Waals surface area contributed by atoms with Gasteiger partial charge in [-0.2, -0.15) is 5.26 Å². The Morgan fingerprint density at radius 2 is 2.12 bits per heavy atom. The molecule has 0 saturated carbocycles. The number of carbonyl (C=O) groups is 2. The topological polar surface area (TPSA) is 85.2 Å².